The number of rotatable bonds is 2. The molecule has 0 saturated heterocycles. The van der Waals surface area contributed by atoms with E-state index in [9.17, 15) is 13.2 Å². The fourth-order valence-electron chi connectivity index (χ4n) is 0.917. The van der Waals surface area contributed by atoms with Crippen molar-refractivity contribution in [3.8, 4) is 0 Å². The SMILES string of the molecule is CNCc1cccc(C(F)(F)F)n1. The molecule has 0 unspecified atom stereocenters. The van der Waals surface area contributed by atoms with E-state index >= 15 is 0 Å². The smallest absolute Gasteiger partial charge is 0.314 e. The second-order valence-electron chi connectivity index (χ2n) is 2.54. The molecule has 72 valence electrons. The summed E-state index contributed by atoms with van der Waals surface area (Å²) in [7, 11) is 1.65. The monoisotopic (exact) mass is 190 g/mol. The summed E-state index contributed by atoms with van der Waals surface area (Å²) in [6.45, 7) is 0.337. The predicted octanol–water partition coefficient (Wildman–Crippen LogP) is 1.82. The largest absolute Gasteiger partial charge is 0.433 e. The fourth-order valence-corrected chi connectivity index (χ4v) is 0.917. The van der Waals surface area contributed by atoms with Gasteiger partial charge < -0.3 is 5.32 Å². The lowest BCUT2D eigenvalue weighted by Crippen LogP contribution is -2.12. The van der Waals surface area contributed by atoms with Gasteiger partial charge >= 0.3 is 6.18 Å². The van der Waals surface area contributed by atoms with Crippen molar-refractivity contribution in [3.05, 3.63) is 29.6 Å². The van der Waals surface area contributed by atoms with Crippen LogP contribution < -0.4 is 5.32 Å². The molecular formula is C8H9F3N2. The van der Waals surface area contributed by atoms with Gasteiger partial charge in [0.2, 0.25) is 0 Å². The van der Waals surface area contributed by atoms with Crippen LogP contribution in [-0.2, 0) is 12.7 Å². The summed E-state index contributed by atoms with van der Waals surface area (Å²) in [6, 6.07) is 3.85. The third kappa shape index (κ3) is 2.69. The van der Waals surface area contributed by atoms with E-state index in [0.29, 0.717) is 12.2 Å². The van der Waals surface area contributed by atoms with Crippen LogP contribution in [0.4, 0.5) is 13.2 Å². The summed E-state index contributed by atoms with van der Waals surface area (Å²) < 4.78 is 36.4. The zero-order valence-electron chi connectivity index (χ0n) is 7.02. The summed E-state index contributed by atoms with van der Waals surface area (Å²) in [5.41, 5.74) is -0.461. The van der Waals surface area contributed by atoms with Crippen LogP contribution in [0.3, 0.4) is 0 Å². The van der Waals surface area contributed by atoms with E-state index < -0.39 is 11.9 Å². The Labute approximate surface area is 73.8 Å². The second kappa shape index (κ2) is 3.74. The van der Waals surface area contributed by atoms with Gasteiger partial charge in [0.15, 0.2) is 0 Å². The van der Waals surface area contributed by atoms with Crippen LogP contribution in [0.5, 0.6) is 0 Å². The Morgan fingerprint density at radius 2 is 2.08 bits per heavy atom. The number of nitrogens with zero attached hydrogens (tertiary/aromatic N) is 1. The molecule has 1 heterocycles. The number of nitrogens with one attached hydrogen (secondary N) is 1. The van der Waals surface area contributed by atoms with Gasteiger partial charge in [0.25, 0.3) is 0 Å². The van der Waals surface area contributed by atoms with Crippen LogP contribution in [0.15, 0.2) is 18.2 Å². The van der Waals surface area contributed by atoms with Gasteiger partial charge in [-0.1, -0.05) is 6.07 Å². The van der Waals surface area contributed by atoms with Crippen LogP contribution in [0.25, 0.3) is 0 Å². The standard InChI is InChI=1S/C8H9F3N2/c1-12-5-6-3-2-4-7(13-6)8(9,10)11/h2-4,12H,5H2,1H3. The van der Waals surface area contributed by atoms with Crippen molar-refractivity contribution in [1.82, 2.24) is 10.3 Å². The Kier molecular flexibility index (Phi) is 2.87. The minimum atomic E-state index is -4.36. The molecule has 0 aliphatic carbocycles. The maximum Gasteiger partial charge on any atom is 0.433 e. The van der Waals surface area contributed by atoms with Gasteiger partial charge in [-0.15, -0.1) is 0 Å². The molecule has 5 heteroatoms. The number of aromatic nitrogens is 1. The van der Waals surface area contributed by atoms with Gasteiger partial charge in [-0.2, -0.15) is 13.2 Å². The molecule has 1 aromatic rings. The first kappa shape index (κ1) is 9.98. The van der Waals surface area contributed by atoms with Crippen molar-refractivity contribution in [3.63, 3.8) is 0 Å². The van der Waals surface area contributed by atoms with E-state index in [2.05, 4.69) is 10.3 Å². The van der Waals surface area contributed by atoms with Crippen molar-refractivity contribution in [1.29, 1.82) is 0 Å². The van der Waals surface area contributed by atoms with Crippen molar-refractivity contribution in [2.45, 2.75) is 12.7 Å². The minimum Gasteiger partial charge on any atom is -0.314 e. The van der Waals surface area contributed by atoms with Crippen LogP contribution in [-0.4, -0.2) is 12.0 Å². The third-order valence-corrected chi connectivity index (χ3v) is 1.46. The molecule has 0 atom stereocenters. The topological polar surface area (TPSA) is 24.9 Å². The van der Waals surface area contributed by atoms with E-state index in [4.69, 9.17) is 0 Å². The molecule has 13 heavy (non-hydrogen) atoms. The van der Waals surface area contributed by atoms with Gasteiger partial charge in [-0.05, 0) is 19.2 Å². The third-order valence-electron chi connectivity index (χ3n) is 1.46. The van der Waals surface area contributed by atoms with E-state index in [-0.39, 0.29) is 0 Å². The quantitative estimate of drug-likeness (QED) is 0.769. The van der Waals surface area contributed by atoms with Crippen LogP contribution >= 0.6 is 0 Å². The van der Waals surface area contributed by atoms with E-state index in [1.54, 1.807) is 13.1 Å². The molecule has 1 rings (SSSR count). The first-order valence-corrected chi connectivity index (χ1v) is 3.72. The molecule has 0 spiro atoms. The minimum absolute atomic E-state index is 0.337. The average molecular weight is 190 g/mol. The number of alkyl halides is 3. The molecule has 1 aromatic heterocycles. The number of halogens is 3. The normalized spacial score (nSPS) is 11.7. The lowest BCUT2D eigenvalue weighted by molar-refractivity contribution is -0.141. The van der Waals surface area contributed by atoms with E-state index in [1.165, 1.54) is 6.07 Å². The van der Waals surface area contributed by atoms with Crippen LogP contribution in [0, 0.1) is 0 Å². The summed E-state index contributed by atoms with van der Waals surface area (Å²) in [6.07, 6.45) is -4.36. The Morgan fingerprint density at radius 3 is 2.62 bits per heavy atom. The highest BCUT2D eigenvalue weighted by Crippen LogP contribution is 2.27. The molecule has 1 N–H and O–H groups in total. The lowest BCUT2D eigenvalue weighted by atomic mass is 10.3. The van der Waals surface area contributed by atoms with Crippen molar-refractivity contribution in [2.24, 2.45) is 0 Å². The van der Waals surface area contributed by atoms with Crippen molar-refractivity contribution < 1.29 is 13.2 Å². The number of hydrogen-bond acceptors (Lipinski definition) is 2. The highest BCUT2D eigenvalue weighted by atomic mass is 19.4. The molecule has 0 aliphatic rings. The lowest BCUT2D eigenvalue weighted by Gasteiger charge is -2.06. The molecule has 0 aliphatic heterocycles. The summed E-state index contributed by atoms with van der Waals surface area (Å²) in [4.78, 5) is 3.45. The Morgan fingerprint density at radius 1 is 1.38 bits per heavy atom. The van der Waals surface area contributed by atoms with Crippen LogP contribution in [0.2, 0.25) is 0 Å². The summed E-state index contributed by atoms with van der Waals surface area (Å²) in [5.74, 6) is 0. The number of hydrogen-bond donors (Lipinski definition) is 1. The van der Waals surface area contributed by atoms with Crippen molar-refractivity contribution in [2.75, 3.05) is 7.05 Å². The Bertz CT molecular complexity index is 283. The molecule has 0 saturated carbocycles. The maximum absolute atomic E-state index is 12.1. The average Bonchev–Trinajstić information content (AvgIpc) is 2.04. The van der Waals surface area contributed by atoms with Gasteiger partial charge in [0.05, 0.1) is 5.69 Å². The molecule has 0 fully saturated rings. The Hall–Kier alpha value is -1.10. The van der Waals surface area contributed by atoms with Crippen molar-refractivity contribution >= 4 is 0 Å². The van der Waals surface area contributed by atoms with Gasteiger partial charge in [0, 0.05) is 6.54 Å². The first-order valence-electron chi connectivity index (χ1n) is 3.72. The summed E-state index contributed by atoms with van der Waals surface area (Å²) in [5, 5.41) is 2.73. The van der Waals surface area contributed by atoms with Crippen LogP contribution in [0.1, 0.15) is 11.4 Å². The molecular weight excluding hydrogens is 181 g/mol. The predicted molar refractivity (Wildman–Crippen MR) is 42.0 cm³/mol. The molecule has 2 nitrogen and oxygen atoms in total. The molecule has 0 aromatic carbocycles. The Balaban J connectivity index is 2.92. The van der Waals surface area contributed by atoms with Gasteiger partial charge in [0.1, 0.15) is 5.69 Å². The summed E-state index contributed by atoms with van der Waals surface area (Å²) >= 11 is 0. The first-order chi connectivity index (χ1) is 6.04. The zero-order chi connectivity index (χ0) is 9.90. The highest BCUT2D eigenvalue weighted by molar-refractivity contribution is 5.13. The highest BCUT2D eigenvalue weighted by Gasteiger charge is 2.32. The number of pyridine rings is 1. The van der Waals surface area contributed by atoms with E-state index in [0.717, 1.165) is 6.07 Å². The van der Waals surface area contributed by atoms with Gasteiger partial charge in [-0.3, -0.25) is 0 Å². The van der Waals surface area contributed by atoms with E-state index in [1.807, 2.05) is 0 Å². The molecule has 0 radical (unpaired) electrons. The molecule has 0 amide bonds. The maximum atomic E-state index is 12.1. The van der Waals surface area contributed by atoms with Gasteiger partial charge in [-0.25, -0.2) is 4.98 Å². The zero-order valence-corrected chi connectivity index (χ0v) is 7.02. The molecule has 0 bridgehead atoms. The second-order valence-corrected chi connectivity index (χ2v) is 2.54. The fraction of sp³-hybridized carbons (Fsp3) is 0.375.